The Morgan fingerprint density at radius 2 is 1.73 bits per heavy atom. The van der Waals surface area contributed by atoms with Gasteiger partial charge < -0.3 is 9.30 Å². The minimum atomic E-state index is -0.339. The van der Waals surface area contributed by atoms with Crippen LogP contribution in [-0.4, -0.2) is 22.2 Å². The van der Waals surface area contributed by atoms with Crippen molar-refractivity contribution in [3.05, 3.63) is 83.3 Å². The number of nitrogens with zero attached hydrogens (tertiary/aromatic N) is 2. The molecule has 0 fully saturated rings. The van der Waals surface area contributed by atoms with Gasteiger partial charge in [-0.2, -0.15) is 0 Å². The van der Waals surface area contributed by atoms with Crippen molar-refractivity contribution in [2.45, 2.75) is 11.4 Å². The van der Waals surface area contributed by atoms with Gasteiger partial charge in [0.2, 0.25) is 5.95 Å². The fourth-order valence-electron chi connectivity index (χ4n) is 2.90. The second kappa shape index (κ2) is 9.69. The van der Waals surface area contributed by atoms with E-state index in [0.717, 1.165) is 26.2 Å². The number of rotatable bonds is 7. The molecular weight excluding hydrogens is 464 g/mol. The molecule has 1 aromatic heterocycles. The van der Waals surface area contributed by atoms with Crippen LogP contribution in [-0.2, 0) is 6.54 Å². The molecule has 30 heavy (non-hydrogen) atoms. The first-order valence-electron chi connectivity index (χ1n) is 9.31. The molecule has 0 saturated carbocycles. The molecule has 2 N–H and O–H groups in total. The van der Waals surface area contributed by atoms with Crippen LogP contribution in [0.15, 0.2) is 88.2 Å². The van der Waals surface area contributed by atoms with Crippen LogP contribution in [0.25, 0.3) is 11.0 Å². The van der Waals surface area contributed by atoms with Crippen LogP contribution in [0.1, 0.15) is 0 Å². The standard InChI is InChI=1S/C22H19BrN4O2S/c23-16-10-12-17(13-11-16)29-15-14-27-20-9-5-4-8-19(20)24-21(27)25-22(28)26-30-18-6-2-1-3-7-18/h1-13H,14-15H2,(H2,24,25,26,28). The molecule has 152 valence electrons. The number of para-hydroxylation sites is 2. The molecule has 2 amide bonds. The topological polar surface area (TPSA) is 68.2 Å². The lowest BCUT2D eigenvalue weighted by Gasteiger charge is -2.12. The first-order chi connectivity index (χ1) is 14.7. The Morgan fingerprint density at radius 3 is 2.53 bits per heavy atom. The summed E-state index contributed by atoms with van der Waals surface area (Å²) < 4.78 is 11.6. The monoisotopic (exact) mass is 482 g/mol. The van der Waals surface area contributed by atoms with E-state index in [9.17, 15) is 4.79 Å². The summed E-state index contributed by atoms with van der Waals surface area (Å²) in [7, 11) is 0. The zero-order chi connectivity index (χ0) is 20.8. The van der Waals surface area contributed by atoms with Crippen molar-refractivity contribution in [2.75, 3.05) is 11.9 Å². The fraction of sp³-hybridized carbons (Fsp3) is 0.0909. The normalized spacial score (nSPS) is 10.7. The molecular formula is C22H19BrN4O2S. The van der Waals surface area contributed by atoms with Crippen molar-refractivity contribution in [2.24, 2.45) is 0 Å². The van der Waals surface area contributed by atoms with E-state index in [1.54, 1.807) is 0 Å². The molecule has 4 aromatic rings. The largest absolute Gasteiger partial charge is 0.492 e. The molecule has 6 nitrogen and oxygen atoms in total. The Balaban J connectivity index is 1.44. The maximum atomic E-state index is 12.4. The zero-order valence-corrected chi connectivity index (χ0v) is 18.3. The minimum absolute atomic E-state index is 0.339. The maximum absolute atomic E-state index is 12.4. The van der Waals surface area contributed by atoms with Gasteiger partial charge in [-0.1, -0.05) is 46.3 Å². The zero-order valence-electron chi connectivity index (χ0n) is 15.9. The predicted molar refractivity (Wildman–Crippen MR) is 124 cm³/mol. The van der Waals surface area contributed by atoms with E-state index < -0.39 is 0 Å². The van der Waals surface area contributed by atoms with E-state index in [1.165, 1.54) is 11.9 Å². The average Bonchev–Trinajstić information content (AvgIpc) is 3.11. The van der Waals surface area contributed by atoms with Gasteiger partial charge in [-0.15, -0.1) is 0 Å². The van der Waals surface area contributed by atoms with Gasteiger partial charge in [0.15, 0.2) is 0 Å². The van der Waals surface area contributed by atoms with Gasteiger partial charge in [0.1, 0.15) is 12.4 Å². The predicted octanol–water partition coefficient (Wildman–Crippen LogP) is 5.71. The number of aromatic nitrogens is 2. The molecule has 0 aliphatic rings. The van der Waals surface area contributed by atoms with Crippen molar-refractivity contribution < 1.29 is 9.53 Å². The summed E-state index contributed by atoms with van der Waals surface area (Å²) in [6.07, 6.45) is 0. The van der Waals surface area contributed by atoms with Gasteiger partial charge in [-0.25, -0.2) is 9.78 Å². The van der Waals surface area contributed by atoms with Crippen LogP contribution in [0.2, 0.25) is 0 Å². The third-order valence-corrected chi connectivity index (χ3v) is 5.61. The lowest BCUT2D eigenvalue weighted by atomic mass is 10.3. The van der Waals surface area contributed by atoms with Crippen LogP contribution in [0.5, 0.6) is 5.75 Å². The van der Waals surface area contributed by atoms with Gasteiger partial charge in [-0.3, -0.25) is 10.0 Å². The Bertz CT molecular complexity index is 1130. The number of halogens is 1. The molecule has 0 aliphatic heterocycles. The van der Waals surface area contributed by atoms with Crippen LogP contribution < -0.4 is 14.8 Å². The summed E-state index contributed by atoms with van der Waals surface area (Å²) in [5.74, 6) is 1.26. The number of urea groups is 1. The highest BCUT2D eigenvalue weighted by atomic mass is 79.9. The van der Waals surface area contributed by atoms with Crippen molar-refractivity contribution >= 4 is 50.9 Å². The number of carbonyl (C=O) groups excluding carboxylic acids is 1. The molecule has 0 saturated heterocycles. The van der Waals surface area contributed by atoms with Gasteiger partial charge in [-0.05, 0) is 60.5 Å². The number of imidazole rings is 1. The molecule has 3 aromatic carbocycles. The molecule has 4 rings (SSSR count). The van der Waals surface area contributed by atoms with Crippen LogP contribution in [0.3, 0.4) is 0 Å². The fourth-order valence-corrected chi connectivity index (χ4v) is 3.72. The third kappa shape index (κ3) is 5.14. The van der Waals surface area contributed by atoms with Crippen molar-refractivity contribution in [3.8, 4) is 5.75 Å². The highest BCUT2D eigenvalue weighted by Gasteiger charge is 2.13. The van der Waals surface area contributed by atoms with E-state index in [2.05, 4.69) is 31.0 Å². The van der Waals surface area contributed by atoms with E-state index in [1.807, 2.05) is 83.4 Å². The van der Waals surface area contributed by atoms with Crippen LogP contribution in [0, 0.1) is 0 Å². The number of anilines is 1. The van der Waals surface area contributed by atoms with Gasteiger partial charge in [0.25, 0.3) is 0 Å². The molecule has 0 spiro atoms. The highest BCUT2D eigenvalue weighted by molar-refractivity contribution is 9.10. The first-order valence-corrected chi connectivity index (χ1v) is 10.9. The summed E-state index contributed by atoms with van der Waals surface area (Å²) in [6, 6.07) is 24.8. The van der Waals surface area contributed by atoms with E-state index in [4.69, 9.17) is 4.74 Å². The number of amides is 2. The maximum Gasteiger partial charge on any atom is 0.331 e. The van der Waals surface area contributed by atoms with E-state index >= 15 is 0 Å². The molecule has 0 aliphatic carbocycles. The Labute approximate surface area is 186 Å². The lowest BCUT2D eigenvalue weighted by molar-refractivity contribution is 0.256. The smallest absolute Gasteiger partial charge is 0.331 e. The first kappa shape index (κ1) is 20.3. The van der Waals surface area contributed by atoms with Crippen molar-refractivity contribution in [3.63, 3.8) is 0 Å². The molecule has 0 bridgehead atoms. The number of nitrogens with one attached hydrogen (secondary N) is 2. The minimum Gasteiger partial charge on any atom is -0.492 e. The molecule has 0 atom stereocenters. The van der Waals surface area contributed by atoms with Crippen molar-refractivity contribution in [1.82, 2.24) is 14.3 Å². The van der Waals surface area contributed by atoms with E-state index in [0.29, 0.717) is 19.1 Å². The number of hydrogen-bond donors (Lipinski definition) is 2. The Morgan fingerprint density at radius 1 is 1.00 bits per heavy atom. The third-order valence-electron chi connectivity index (χ3n) is 4.28. The van der Waals surface area contributed by atoms with E-state index in [-0.39, 0.29) is 6.03 Å². The second-order valence-electron chi connectivity index (χ2n) is 6.35. The number of fused-ring (bicyclic) bond motifs is 1. The summed E-state index contributed by atoms with van der Waals surface area (Å²) in [5.41, 5.74) is 1.75. The quantitative estimate of drug-likeness (QED) is 0.331. The molecule has 8 heteroatoms. The summed E-state index contributed by atoms with van der Waals surface area (Å²) >= 11 is 4.67. The molecule has 0 radical (unpaired) electrons. The Hall–Kier alpha value is -2.97. The number of ether oxygens (including phenoxy) is 1. The van der Waals surface area contributed by atoms with Crippen LogP contribution >= 0.6 is 27.9 Å². The summed E-state index contributed by atoms with van der Waals surface area (Å²) in [6.45, 7) is 0.981. The van der Waals surface area contributed by atoms with Gasteiger partial charge in [0, 0.05) is 9.37 Å². The van der Waals surface area contributed by atoms with Crippen molar-refractivity contribution in [1.29, 1.82) is 0 Å². The molecule has 1 heterocycles. The van der Waals surface area contributed by atoms with Gasteiger partial charge >= 0.3 is 6.03 Å². The lowest BCUT2D eigenvalue weighted by Crippen LogP contribution is -2.25. The van der Waals surface area contributed by atoms with Crippen LogP contribution in [0.4, 0.5) is 10.7 Å². The SMILES string of the molecule is O=C(NSc1ccccc1)Nc1nc2ccccc2n1CCOc1ccc(Br)cc1. The Kier molecular flexibility index (Phi) is 6.56. The molecule has 0 unspecified atom stereocenters. The second-order valence-corrected chi connectivity index (χ2v) is 8.14. The number of hydrogen-bond acceptors (Lipinski definition) is 4. The number of carbonyl (C=O) groups is 1. The highest BCUT2D eigenvalue weighted by Crippen LogP contribution is 2.21. The van der Waals surface area contributed by atoms with Gasteiger partial charge in [0.05, 0.1) is 17.6 Å². The number of benzene rings is 3. The summed E-state index contributed by atoms with van der Waals surface area (Å²) in [4.78, 5) is 17.9. The summed E-state index contributed by atoms with van der Waals surface area (Å²) in [5, 5.41) is 2.85. The average molecular weight is 483 g/mol.